The Labute approximate surface area is 115 Å². The average molecular weight is 258 g/mol. The fourth-order valence-electron chi connectivity index (χ4n) is 1.52. The third-order valence-electron chi connectivity index (χ3n) is 2.36. The van der Waals surface area contributed by atoms with Gasteiger partial charge in [0, 0.05) is 30.2 Å². The molecule has 0 fully saturated rings. The summed E-state index contributed by atoms with van der Waals surface area (Å²) in [6.45, 7) is 7.55. The van der Waals surface area contributed by atoms with Crippen LogP contribution in [0.2, 0.25) is 0 Å². The molecule has 0 aliphatic rings. The highest BCUT2D eigenvalue weighted by Gasteiger charge is 1.96. The zero-order valence-corrected chi connectivity index (χ0v) is 11.9. The van der Waals surface area contributed by atoms with E-state index in [9.17, 15) is 0 Å². The molecule has 0 amide bonds. The molecule has 0 saturated carbocycles. The number of hydrogen-bond acceptors (Lipinski definition) is 3. The number of hydrogen-bond donors (Lipinski definition) is 1. The summed E-state index contributed by atoms with van der Waals surface area (Å²) in [5.41, 5.74) is 2.18. The Hall–Kier alpha value is -2.03. The molecule has 0 saturated heterocycles. The first-order valence-corrected chi connectivity index (χ1v) is 6.74. The molecule has 1 aromatic heterocycles. The number of nitrogens with one attached hydrogen (secondary N) is 1. The van der Waals surface area contributed by atoms with Gasteiger partial charge in [0.05, 0.1) is 0 Å². The Morgan fingerprint density at radius 1 is 1.11 bits per heavy atom. The van der Waals surface area contributed by atoms with Crippen molar-refractivity contribution in [3.05, 3.63) is 54.4 Å². The van der Waals surface area contributed by atoms with Gasteiger partial charge in [0.2, 0.25) is 0 Å². The summed E-state index contributed by atoms with van der Waals surface area (Å²) in [5, 5.41) is 3.24. The zero-order valence-electron chi connectivity index (χ0n) is 11.9. The lowest BCUT2D eigenvalue weighted by atomic mass is 10.3. The number of rotatable bonds is 5. The van der Waals surface area contributed by atoms with E-state index in [0.717, 1.165) is 23.5 Å². The lowest BCUT2D eigenvalue weighted by molar-refractivity contribution is 0.306. The van der Waals surface area contributed by atoms with Crippen molar-refractivity contribution in [2.45, 2.75) is 27.4 Å². The van der Waals surface area contributed by atoms with Gasteiger partial charge in [0.1, 0.15) is 12.4 Å². The van der Waals surface area contributed by atoms with Crippen molar-refractivity contribution in [3.63, 3.8) is 0 Å². The van der Waals surface area contributed by atoms with Crippen LogP contribution in [0.15, 0.2) is 48.8 Å². The van der Waals surface area contributed by atoms with E-state index < -0.39 is 0 Å². The highest BCUT2D eigenvalue weighted by atomic mass is 16.5. The molecule has 1 N–H and O–H groups in total. The fraction of sp³-hybridized carbons (Fsp3) is 0.312. The van der Waals surface area contributed by atoms with Gasteiger partial charge in [0.25, 0.3) is 0 Å². The normalized spacial score (nSPS) is 9.21. The van der Waals surface area contributed by atoms with Gasteiger partial charge in [0.15, 0.2) is 0 Å². The Bertz CT molecular complexity index is 440. The van der Waals surface area contributed by atoms with Gasteiger partial charge in [-0.15, -0.1) is 0 Å². The van der Waals surface area contributed by atoms with Crippen molar-refractivity contribution < 1.29 is 4.74 Å². The highest BCUT2D eigenvalue weighted by Crippen LogP contribution is 2.16. The van der Waals surface area contributed by atoms with E-state index in [0.29, 0.717) is 6.61 Å². The maximum atomic E-state index is 5.66. The summed E-state index contributed by atoms with van der Waals surface area (Å²) in [4.78, 5) is 4.05. The first kappa shape index (κ1) is 15.0. The van der Waals surface area contributed by atoms with Gasteiger partial charge in [-0.2, -0.15) is 0 Å². The molecule has 102 valence electrons. The molecule has 0 unspecified atom stereocenters. The van der Waals surface area contributed by atoms with E-state index in [1.807, 2.05) is 56.4 Å². The second kappa shape index (κ2) is 8.97. The van der Waals surface area contributed by atoms with Crippen LogP contribution in [0.4, 0.5) is 5.69 Å². The molecule has 0 aliphatic carbocycles. The van der Waals surface area contributed by atoms with Gasteiger partial charge in [-0.1, -0.05) is 19.9 Å². The van der Waals surface area contributed by atoms with Crippen LogP contribution >= 0.6 is 0 Å². The molecule has 1 aromatic carbocycles. The molecule has 0 radical (unpaired) electrons. The minimum atomic E-state index is 0.550. The Morgan fingerprint density at radius 2 is 1.84 bits per heavy atom. The largest absolute Gasteiger partial charge is 0.489 e. The molecule has 3 nitrogen and oxygen atoms in total. The molecule has 0 aliphatic heterocycles. The lowest BCUT2D eigenvalue weighted by Gasteiger charge is -2.07. The second-order valence-corrected chi connectivity index (χ2v) is 3.70. The highest BCUT2D eigenvalue weighted by molar-refractivity contribution is 5.46. The van der Waals surface area contributed by atoms with Crippen molar-refractivity contribution in [1.82, 2.24) is 4.98 Å². The Balaban J connectivity index is 0.000000861. The number of nitrogens with zero attached hydrogens (tertiary/aromatic N) is 1. The van der Waals surface area contributed by atoms with Crippen LogP contribution in [0.3, 0.4) is 0 Å². The maximum absolute atomic E-state index is 5.66. The lowest BCUT2D eigenvalue weighted by Crippen LogP contribution is -1.97. The van der Waals surface area contributed by atoms with E-state index in [1.165, 1.54) is 0 Å². The molecule has 0 atom stereocenters. The molecule has 2 aromatic rings. The molecule has 3 heteroatoms. The summed E-state index contributed by atoms with van der Waals surface area (Å²) in [7, 11) is 0. The molecular weight excluding hydrogens is 236 g/mol. The van der Waals surface area contributed by atoms with Crippen molar-refractivity contribution in [2.24, 2.45) is 0 Å². The monoisotopic (exact) mass is 258 g/mol. The third kappa shape index (κ3) is 5.42. The smallest absolute Gasteiger partial charge is 0.119 e. The predicted molar refractivity (Wildman–Crippen MR) is 80.5 cm³/mol. The molecule has 0 spiro atoms. The van der Waals surface area contributed by atoms with Gasteiger partial charge in [-0.05, 0) is 37.3 Å². The predicted octanol–water partition coefficient (Wildman–Crippen LogP) is 4.12. The number of aromatic nitrogens is 1. The fourth-order valence-corrected chi connectivity index (χ4v) is 1.52. The molecular formula is C16H22N2O. The second-order valence-electron chi connectivity index (χ2n) is 3.70. The van der Waals surface area contributed by atoms with E-state index in [4.69, 9.17) is 4.74 Å². The molecule has 19 heavy (non-hydrogen) atoms. The Morgan fingerprint density at radius 3 is 2.42 bits per heavy atom. The summed E-state index contributed by atoms with van der Waals surface area (Å²) < 4.78 is 5.66. The van der Waals surface area contributed by atoms with E-state index in [-0.39, 0.29) is 0 Å². The van der Waals surface area contributed by atoms with Gasteiger partial charge >= 0.3 is 0 Å². The summed E-state index contributed by atoms with van der Waals surface area (Å²) in [5.74, 6) is 0.871. The van der Waals surface area contributed by atoms with E-state index in [1.54, 1.807) is 6.20 Å². The van der Waals surface area contributed by atoms with Crippen LogP contribution in [0.5, 0.6) is 5.75 Å². The maximum Gasteiger partial charge on any atom is 0.119 e. The van der Waals surface area contributed by atoms with Crippen molar-refractivity contribution >= 4 is 5.69 Å². The number of pyridine rings is 1. The summed E-state index contributed by atoms with van der Waals surface area (Å²) >= 11 is 0. The van der Waals surface area contributed by atoms with E-state index in [2.05, 4.69) is 17.2 Å². The van der Waals surface area contributed by atoms with Gasteiger partial charge < -0.3 is 10.1 Å². The van der Waals surface area contributed by atoms with E-state index >= 15 is 0 Å². The minimum absolute atomic E-state index is 0.550. The summed E-state index contributed by atoms with van der Waals surface area (Å²) in [6.07, 6.45) is 3.57. The number of benzene rings is 1. The quantitative estimate of drug-likeness (QED) is 0.876. The van der Waals surface area contributed by atoms with Crippen molar-refractivity contribution in [3.8, 4) is 5.75 Å². The molecule has 1 heterocycles. The molecule has 2 rings (SSSR count). The first-order chi connectivity index (χ1) is 9.38. The third-order valence-corrected chi connectivity index (χ3v) is 2.36. The van der Waals surface area contributed by atoms with Gasteiger partial charge in [-0.3, -0.25) is 4.98 Å². The summed E-state index contributed by atoms with van der Waals surface area (Å²) in [6, 6.07) is 11.9. The van der Waals surface area contributed by atoms with Crippen LogP contribution in [-0.4, -0.2) is 11.5 Å². The van der Waals surface area contributed by atoms with Crippen LogP contribution in [0.1, 0.15) is 26.3 Å². The average Bonchev–Trinajstić information content (AvgIpc) is 2.50. The standard InChI is InChI=1S/C14H16N2O.C2H6/c1-2-16-13-5-7-14(8-6-13)17-11-12-4-3-9-15-10-12;1-2/h3-10,16H,2,11H2,1H3;1-2H3. The van der Waals surface area contributed by atoms with Crippen LogP contribution in [0, 0.1) is 0 Å². The van der Waals surface area contributed by atoms with Gasteiger partial charge in [-0.25, -0.2) is 0 Å². The Kier molecular flexibility index (Phi) is 7.10. The first-order valence-electron chi connectivity index (χ1n) is 6.74. The van der Waals surface area contributed by atoms with Crippen molar-refractivity contribution in [1.29, 1.82) is 0 Å². The SMILES string of the molecule is CC.CCNc1ccc(OCc2cccnc2)cc1. The number of ether oxygens (including phenoxy) is 1. The molecule has 0 bridgehead atoms. The number of anilines is 1. The topological polar surface area (TPSA) is 34.1 Å². The van der Waals surface area contributed by atoms with Crippen LogP contribution < -0.4 is 10.1 Å². The van der Waals surface area contributed by atoms with Crippen LogP contribution in [-0.2, 0) is 6.61 Å². The zero-order chi connectivity index (χ0) is 13.9. The van der Waals surface area contributed by atoms with Crippen molar-refractivity contribution in [2.75, 3.05) is 11.9 Å². The van der Waals surface area contributed by atoms with Crippen LogP contribution in [0.25, 0.3) is 0 Å². The minimum Gasteiger partial charge on any atom is -0.489 e.